The van der Waals surface area contributed by atoms with Gasteiger partial charge < -0.3 is 19.9 Å². The molecule has 4 nitrogen and oxygen atoms in total. The summed E-state index contributed by atoms with van der Waals surface area (Å²) >= 11 is 0. The third-order valence-electron chi connectivity index (χ3n) is 2.85. The lowest BCUT2D eigenvalue weighted by Gasteiger charge is -2.28. The molecule has 0 fully saturated rings. The number of methoxy groups -OCH3 is 1. The van der Waals surface area contributed by atoms with Crippen molar-refractivity contribution in [2.45, 2.75) is 45.1 Å². The Morgan fingerprint density at radius 3 is 2.53 bits per heavy atom. The Morgan fingerprint density at radius 1 is 1.18 bits per heavy atom. The summed E-state index contributed by atoms with van der Waals surface area (Å²) in [4.78, 5) is 0. The minimum Gasteiger partial charge on any atom is -0.394 e. The van der Waals surface area contributed by atoms with Crippen LogP contribution < -0.4 is 5.32 Å². The van der Waals surface area contributed by atoms with Crippen LogP contribution >= 0.6 is 0 Å². The minimum atomic E-state index is -0.136. The van der Waals surface area contributed by atoms with E-state index in [0.29, 0.717) is 13.2 Å². The van der Waals surface area contributed by atoms with E-state index in [9.17, 15) is 5.11 Å². The van der Waals surface area contributed by atoms with Gasteiger partial charge in [0.05, 0.1) is 19.8 Å². The third-order valence-corrected chi connectivity index (χ3v) is 2.85. The van der Waals surface area contributed by atoms with Crippen LogP contribution in [0.15, 0.2) is 0 Å². The van der Waals surface area contributed by atoms with Gasteiger partial charge >= 0.3 is 0 Å². The number of rotatable bonds is 12. The summed E-state index contributed by atoms with van der Waals surface area (Å²) in [6, 6.07) is 0. The molecule has 0 aromatic rings. The molecule has 0 aromatic heterocycles. The van der Waals surface area contributed by atoms with Gasteiger partial charge in [0.1, 0.15) is 0 Å². The van der Waals surface area contributed by atoms with Gasteiger partial charge in [0.2, 0.25) is 0 Å². The van der Waals surface area contributed by atoms with E-state index in [-0.39, 0.29) is 12.1 Å². The van der Waals surface area contributed by atoms with Crippen molar-refractivity contribution in [3.8, 4) is 0 Å². The van der Waals surface area contributed by atoms with Crippen molar-refractivity contribution in [1.82, 2.24) is 5.32 Å². The third kappa shape index (κ3) is 9.53. The highest BCUT2D eigenvalue weighted by molar-refractivity contribution is 4.81. The van der Waals surface area contributed by atoms with E-state index in [1.54, 1.807) is 7.11 Å². The Hall–Kier alpha value is -0.160. The maximum Gasteiger partial charge on any atom is 0.0700 e. The Bertz CT molecular complexity index is 167. The highest BCUT2D eigenvalue weighted by Gasteiger charge is 2.20. The van der Waals surface area contributed by atoms with Crippen LogP contribution in [0.25, 0.3) is 0 Å². The van der Waals surface area contributed by atoms with E-state index in [0.717, 1.165) is 38.8 Å². The summed E-state index contributed by atoms with van der Waals surface area (Å²) < 4.78 is 10.3. The molecule has 1 unspecified atom stereocenters. The van der Waals surface area contributed by atoms with E-state index in [2.05, 4.69) is 19.2 Å². The molecule has 17 heavy (non-hydrogen) atoms. The SMILES string of the molecule is CCCNC(C)(CO)CCCCOCCOC. The summed E-state index contributed by atoms with van der Waals surface area (Å²) in [6.45, 7) is 7.47. The summed E-state index contributed by atoms with van der Waals surface area (Å²) in [5.74, 6) is 0. The van der Waals surface area contributed by atoms with Crippen LogP contribution in [0.2, 0.25) is 0 Å². The number of ether oxygens (including phenoxy) is 2. The first-order chi connectivity index (χ1) is 8.18. The van der Waals surface area contributed by atoms with Crippen molar-refractivity contribution < 1.29 is 14.6 Å². The lowest BCUT2D eigenvalue weighted by atomic mass is 9.95. The van der Waals surface area contributed by atoms with Crippen LogP contribution in [0.5, 0.6) is 0 Å². The second kappa shape index (κ2) is 11.0. The van der Waals surface area contributed by atoms with Gasteiger partial charge in [0.15, 0.2) is 0 Å². The van der Waals surface area contributed by atoms with Crippen molar-refractivity contribution in [3.63, 3.8) is 0 Å². The minimum absolute atomic E-state index is 0.136. The van der Waals surface area contributed by atoms with Crippen LogP contribution in [0.3, 0.4) is 0 Å². The summed E-state index contributed by atoms with van der Waals surface area (Å²) in [5.41, 5.74) is -0.136. The first-order valence-corrected chi connectivity index (χ1v) is 6.61. The van der Waals surface area contributed by atoms with Crippen LogP contribution in [0, 0.1) is 0 Å². The lowest BCUT2D eigenvalue weighted by Crippen LogP contribution is -2.46. The Morgan fingerprint density at radius 2 is 1.94 bits per heavy atom. The average Bonchev–Trinajstić information content (AvgIpc) is 2.35. The van der Waals surface area contributed by atoms with Crippen LogP contribution in [0.4, 0.5) is 0 Å². The molecule has 0 saturated heterocycles. The fourth-order valence-electron chi connectivity index (χ4n) is 1.61. The molecular formula is C13H29NO3. The van der Waals surface area contributed by atoms with Gasteiger partial charge in [-0.3, -0.25) is 0 Å². The fourth-order valence-corrected chi connectivity index (χ4v) is 1.61. The first-order valence-electron chi connectivity index (χ1n) is 6.61. The summed E-state index contributed by atoms with van der Waals surface area (Å²) in [5, 5.41) is 12.8. The molecule has 0 amide bonds. The van der Waals surface area contributed by atoms with Crippen LogP contribution in [-0.4, -0.2) is 50.7 Å². The van der Waals surface area contributed by atoms with Crippen molar-refractivity contribution in [2.24, 2.45) is 0 Å². The molecule has 0 aromatic carbocycles. The molecule has 0 rings (SSSR count). The molecule has 0 radical (unpaired) electrons. The second-order valence-corrected chi connectivity index (χ2v) is 4.71. The Kier molecular flexibility index (Phi) is 10.9. The monoisotopic (exact) mass is 247 g/mol. The van der Waals surface area contributed by atoms with Gasteiger partial charge in [-0.05, 0) is 39.2 Å². The largest absolute Gasteiger partial charge is 0.394 e. The normalized spacial score (nSPS) is 14.8. The van der Waals surface area contributed by atoms with Crippen LogP contribution in [0.1, 0.15) is 39.5 Å². The average molecular weight is 247 g/mol. The topological polar surface area (TPSA) is 50.7 Å². The van der Waals surface area contributed by atoms with Crippen molar-refractivity contribution in [1.29, 1.82) is 0 Å². The molecule has 0 aliphatic rings. The zero-order valence-electron chi connectivity index (χ0n) is 11.6. The van der Waals surface area contributed by atoms with Gasteiger partial charge in [0, 0.05) is 19.3 Å². The molecule has 0 aliphatic heterocycles. The number of unbranched alkanes of at least 4 members (excludes halogenated alkanes) is 1. The molecule has 0 saturated carbocycles. The molecule has 0 bridgehead atoms. The maximum atomic E-state index is 9.37. The standard InChI is InChI=1S/C13H29NO3/c1-4-8-14-13(2,12-15)7-5-6-9-17-11-10-16-3/h14-15H,4-12H2,1-3H3. The quantitative estimate of drug-likeness (QED) is 0.514. The van der Waals surface area contributed by atoms with E-state index < -0.39 is 0 Å². The number of aliphatic hydroxyl groups excluding tert-OH is 1. The molecule has 104 valence electrons. The smallest absolute Gasteiger partial charge is 0.0700 e. The number of hydrogen-bond acceptors (Lipinski definition) is 4. The summed E-state index contributed by atoms with van der Waals surface area (Å²) in [7, 11) is 1.68. The van der Waals surface area contributed by atoms with Gasteiger partial charge in [-0.1, -0.05) is 6.92 Å². The zero-order valence-corrected chi connectivity index (χ0v) is 11.6. The Labute approximate surface area is 106 Å². The van der Waals surface area contributed by atoms with Crippen molar-refractivity contribution in [3.05, 3.63) is 0 Å². The van der Waals surface area contributed by atoms with E-state index in [1.165, 1.54) is 0 Å². The van der Waals surface area contributed by atoms with Crippen LogP contribution in [-0.2, 0) is 9.47 Å². The molecular weight excluding hydrogens is 218 g/mol. The highest BCUT2D eigenvalue weighted by atomic mass is 16.5. The molecule has 1 atom stereocenters. The molecule has 0 spiro atoms. The summed E-state index contributed by atoms with van der Waals surface area (Å²) in [6.07, 6.45) is 4.18. The molecule has 4 heteroatoms. The molecule has 0 aliphatic carbocycles. The predicted molar refractivity (Wildman–Crippen MR) is 70.3 cm³/mol. The predicted octanol–water partition coefficient (Wildman–Crippen LogP) is 1.57. The number of aliphatic hydroxyl groups is 1. The fraction of sp³-hybridized carbons (Fsp3) is 1.00. The highest BCUT2D eigenvalue weighted by Crippen LogP contribution is 2.13. The van der Waals surface area contributed by atoms with E-state index in [4.69, 9.17) is 9.47 Å². The number of hydrogen-bond donors (Lipinski definition) is 2. The van der Waals surface area contributed by atoms with Gasteiger partial charge in [-0.25, -0.2) is 0 Å². The first kappa shape index (κ1) is 16.8. The number of nitrogens with one attached hydrogen (secondary N) is 1. The van der Waals surface area contributed by atoms with Crippen molar-refractivity contribution in [2.75, 3.05) is 40.1 Å². The van der Waals surface area contributed by atoms with E-state index >= 15 is 0 Å². The lowest BCUT2D eigenvalue weighted by molar-refractivity contribution is 0.0669. The van der Waals surface area contributed by atoms with E-state index in [1.807, 2.05) is 0 Å². The maximum absolute atomic E-state index is 9.37. The van der Waals surface area contributed by atoms with Gasteiger partial charge in [0.25, 0.3) is 0 Å². The Balaban J connectivity index is 3.48. The molecule has 0 heterocycles. The van der Waals surface area contributed by atoms with Crippen molar-refractivity contribution >= 4 is 0 Å². The zero-order chi connectivity index (χ0) is 13.0. The molecule has 2 N–H and O–H groups in total. The second-order valence-electron chi connectivity index (χ2n) is 4.71. The van der Waals surface area contributed by atoms with Gasteiger partial charge in [-0.2, -0.15) is 0 Å². The van der Waals surface area contributed by atoms with Gasteiger partial charge in [-0.15, -0.1) is 0 Å².